The Balaban J connectivity index is 1.63. The number of nitrogens with one attached hydrogen (secondary N) is 2. The molecule has 2 atom stereocenters. The molecule has 3 N–H and O–H groups in total. The van der Waals surface area contributed by atoms with Gasteiger partial charge in [-0.3, -0.25) is 0 Å². The highest BCUT2D eigenvalue weighted by Crippen LogP contribution is 2.35. The van der Waals surface area contributed by atoms with E-state index in [0.29, 0.717) is 23.7 Å². The Bertz CT molecular complexity index is 949. The van der Waals surface area contributed by atoms with Gasteiger partial charge in [0, 0.05) is 29.7 Å². The molecule has 8 heteroatoms. The van der Waals surface area contributed by atoms with Crippen molar-refractivity contribution < 1.29 is 24.2 Å². The molecule has 2 aromatic rings. The highest BCUT2D eigenvalue weighted by molar-refractivity contribution is 6.30. The predicted octanol–water partition coefficient (Wildman–Crippen LogP) is 2.65. The molecular formula is C23H27ClN2O5. The third kappa shape index (κ3) is 5.01. The summed E-state index contributed by atoms with van der Waals surface area (Å²) in [5.74, 6) is -1.36. The van der Waals surface area contributed by atoms with Crippen LogP contribution in [0.25, 0.3) is 0 Å². The van der Waals surface area contributed by atoms with Crippen molar-refractivity contribution in [3.8, 4) is 0 Å². The molecule has 2 aromatic carbocycles. The molecule has 0 saturated heterocycles. The van der Waals surface area contributed by atoms with Gasteiger partial charge in [0.25, 0.3) is 0 Å². The third-order valence-electron chi connectivity index (χ3n) is 5.48. The number of anilines is 1. The average molecular weight is 447 g/mol. The Labute approximate surface area is 186 Å². The van der Waals surface area contributed by atoms with Gasteiger partial charge in [0.2, 0.25) is 5.54 Å². The van der Waals surface area contributed by atoms with Crippen LogP contribution in [0.1, 0.15) is 29.7 Å². The van der Waals surface area contributed by atoms with Gasteiger partial charge in [0.1, 0.15) is 0 Å². The van der Waals surface area contributed by atoms with Gasteiger partial charge in [-0.2, -0.15) is 0 Å². The van der Waals surface area contributed by atoms with Gasteiger partial charge >= 0.3 is 11.9 Å². The number of ether oxygens (including phenoxy) is 2. The molecule has 1 aliphatic heterocycles. The van der Waals surface area contributed by atoms with Crippen molar-refractivity contribution in [1.29, 1.82) is 0 Å². The molecular weight excluding hydrogens is 420 g/mol. The van der Waals surface area contributed by atoms with E-state index in [1.165, 1.54) is 14.2 Å². The first-order chi connectivity index (χ1) is 14.8. The number of methoxy groups -OCH3 is 2. The molecule has 0 aliphatic carbocycles. The maximum absolute atomic E-state index is 12.3. The molecule has 1 heterocycles. The lowest BCUT2D eigenvalue weighted by Crippen LogP contribution is -2.53. The number of fused-ring (bicyclic) bond motifs is 1. The molecule has 0 bridgehead atoms. The van der Waals surface area contributed by atoms with Crippen LogP contribution >= 0.6 is 11.6 Å². The fourth-order valence-corrected chi connectivity index (χ4v) is 4.05. The fraction of sp³-hybridized carbons (Fsp3) is 0.391. The van der Waals surface area contributed by atoms with Crippen molar-refractivity contribution in [2.45, 2.75) is 37.5 Å². The minimum Gasteiger partial charge on any atom is -0.467 e. The largest absolute Gasteiger partial charge is 0.467 e. The first-order valence-electron chi connectivity index (χ1n) is 10.0. The number of carbonyl (C=O) groups excluding carboxylic acids is 2. The highest BCUT2D eigenvalue weighted by atomic mass is 35.5. The number of hydrogen-bond acceptors (Lipinski definition) is 7. The monoisotopic (exact) mass is 446 g/mol. The van der Waals surface area contributed by atoms with Gasteiger partial charge in [-0.05, 0) is 48.2 Å². The van der Waals surface area contributed by atoms with Gasteiger partial charge in [0.15, 0.2) is 0 Å². The van der Waals surface area contributed by atoms with E-state index in [0.717, 1.165) is 16.7 Å². The normalized spacial score (nSPS) is 16.0. The summed E-state index contributed by atoms with van der Waals surface area (Å²) in [5, 5.41) is 17.3. The minimum absolute atomic E-state index is 0.0900. The molecule has 166 valence electrons. The van der Waals surface area contributed by atoms with Crippen LogP contribution in [0.4, 0.5) is 5.69 Å². The predicted molar refractivity (Wildman–Crippen MR) is 118 cm³/mol. The van der Waals surface area contributed by atoms with E-state index in [1.54, 1.807) is 12.1 Å². The van der Waals surface area contributed by atoms with Crippen LogP contribution in [0, 0.1) is 0 Å². The Kier molecular flexibility index (Phi) is 7.20. The SMILES string of the molecule is COC(=O)C1(C(=O)OC)Cc2cc(CC(C)NCC(O)c3cccc(Cl)c3)ccc2N1. The molecule has 0 saturated carbocycles. The van der Waals surface area contributed by atoms with Crippen molar-refractivity contribution in [2.75, 3.05) is 26.1 Å². The molecule has 31 heavy (non-hydrogen) atoms. The van der Waals surface area contributed by atoms with E-state index in [1.807, 2.05) is 37.3 Å². The molecule has 7 nitrogen and oxygen atoms in total. The zero-order valence-electron chi connectivity index (χ0n) is 17.8. The maximum atomic E-state index is 12.3. The molecule has 2 unspecified atom stereocenters. The summed E-state index contributed by atoms with van der Waals surface area (Å²) in [4.78, 5) is 24.7. The smallest absolute Gasteiger partial charge is 0.343 e. The molecule has 0 aromatic heterocycles. The Morgan fingerprint density at radius 1 is 1.19 bits per heavy atom. The van der Waals surface area contributed by atoms with Gasteiger partial charge in [-0.25, -0.2) is 9.59 Å². The van der Waals surface area contributed by atoms with Gasteiger partial charge < -0.3 is 25.2 Å². The van der Waals surface area contributed by atoms with E-state index >= 15 is 0 Å². The van der Waals surface area contributed by atoms with Crippen LogP contribution in [0.5, 0.6) is 0 Å². The topological polar surface area (TPSA) is 96.9 Å². The second kappa shape index (κ2) is 9.68. The molecule has 0 spiro atoms. The summed E-state index contributed by atoms with van der Waals surface area (Å²) in [6.45, 7) is 2.42. The molecule has 0 amide bonds. The lowest BCUT2D eigenvalue weighted by Gasteiger charge is -2.23. The van der Waals surface area contributed by atoms with Crippen LogP contribution in [0.3, 0.4) is 0 Å². The maximum Gasteiger partial charge on any atom is 0.343 e. The van der Waals surface area contributed by atoms with Crippen LogP contribution in [-0.4, -0.2) is 49.4 Å². The number of rotatable bonds is 8. The molecule has 1 aliphatic rings. The standard InChI is InChI=1S/C23H27ClN2O5/c1-14(25-13-20(27)16-5-4-6-18(24)11-16)9-15-7-8-19-17(10-15)12-23(26-19,21(28)30-2)22(29)31-3/h4-8,10-11,14,20,25-27H,9,12-13H2,1-3H3. The third-order valence-corrected chi connectivity index (χ3v) is 5.71. The van der Waals surface area contributed by atoms with Crippen LogP contribution < -0.4 is 10.6 Å². The van der Waals surface area contributed by atoms with E-state index in [-0.39, 0.29) is 12.5 Å². The number of hydrogen-bond donors (Lipinski definition) is 3. The first-order valence-corrected chi connectivity index (χ1v) is 10.4. The van der Waals surface area contributed by atoms with Crippen molar-refractivity contribution in [2.24, 2.45) is 0 Å². The summed E-state index contributed by atoms with van der Waals surface area (Å²) in [5.41, 5.74) is 1.80. The van der Waals surface area contributed by atoms with E-state index < -0.39 is 23.6 Å². The second-order valence-electron chi connectivity index (χ2n) is 7.77. The van der Waals surface area contributed by atoms with Crippen molar-refractivity contribution in [3.63, 3.8) is 0 Å². The number of aliphatic hydroxyl groups excluding tert-OH is 1. The van der Waals surface area contributed by atoms with Crippen molar-refractivity contribution >= 4 is 29.2 Å². The second-order valence-corrected chi connectivity index (χ2v) is 8.20. The van der Waals surface area contributed by atoms with E-state index in [9.17, 15) is 14.7 Å². The lowest BCUT2D eigenvalue weighted by atomic mass is 9.94. The van der Waals surface area contributed by atoms with Crippen LogP contribution in [-0.2, 0) is 31.9 Å². The average Bonchev–Trinajstić information content (AvgIpc) is 3.16. The van der Waals surface area contributed by atoms with Crippen LogP contribution in [0.2, 0.25) is 5.02 Å². The number of carbonyl (C=O) groups is 2. The Morgan fingerprint density at radius 2 is 1.90 bits per heavy atom. The number of benzene rings is 2. The molecule has 0 radical (unpaired) electrons. The highest BCUT2D eigenvalue weighted by Gasteiger charge is 2.52. The summed E-state index contributed by atoms with van der Waals surface area (Å²) >= 11 is 5.99. The minimum atomic E-state index is -1.56. The number of aliphatic hydroxyl groups is 1. The lowest BCUT2D eigenvalue weighted by molar-refractivity contribution is -0.159. The zero-order chi connectivity index (χ0) is 22.6. The fourth-order valence-electron chi connectivity index (χ4n) is 3.85. The number of esters is 2. The van der Waals surface area contributed by atoms with Gasteiger partial charge in [-0.1, -0.05) is 35.9 Å². The zero-order valence-corrected chi connectivity index (χ0v) is 18.5. The van der Waals surface area contributed by atoms with Crippen molar-refractivity contribution in [3.05, 3.63) is 64.2 Å². The molecule has 0 fully saturated rings. The van der Waals surface area contributed by atoms with Crippen LogP contribution in [0.15, 0.2) is 42.5 Å². The summed E-state index contributed by atoms with van der Waals surface area (Å²) in [7, 11) is 2.49. The van der Waals surface area contributed by atoms with E-state index in [2.05, 4.69) is 10.6 Å². The summed E-state index contributed by atoms with van der Waals surface area (Å²) in [6.07, 6.45) is 0.204. The van der Waals surface area contributed by atoms with Gasteiger partial charge in [-0.15, -0.1) is 0 Å². The van der Waals surface area contributed by atoms with E-state index in [4.69, 9.17) is 21.1 Å². The first kappa shape index (κ1) is 23.1. The van der Waals surface area contributed by atoms with Crippen molar-refractivity contribution in [1.82, 2.24) is 5.32 Å². The quantitative estimate of drug-likeness (QED) is 0.423. The molecule has 3 rings (SSSR count). The van der Waals surface area contributed by atoms with Gasteiger partial charge in [0.05, 0.1) is 20.3 Å². The summed E-state index contributed by atoms with van der Waals surface area (Å²) in [6, 6.07) is 13.0. The Morgan fingerprint density at radius 3 is 2.55 bits per heavy atom. The summed E-state index contributed by atoms with van der Waals surface area (Å²) < 4.78 is 9.68. The number of halogens is 1. The Hall–Kier alpha value is -2.61.